The fourth-order valence-corrected chi connectivity index (χ4v) is 2.70. The Balaban J connectivity index is 2.22. The fraction of sp³-hybridized carbons (Fsp3) is 0.318. The van der Waals surface area contributed by atoms with E-state index in [4.69, 9.17) is 4.74 Å². The first-order chi connectivity index (χ1) is 13.9. The molecule has 7 nitrogen and oxygen atoms in total. The number of carboxylic acid groups (broad SMARTS) is 1. The second kappa shape index (κ2) is 10.8. The Morgan fingerprint density at radius 3 is 2.34 bits per heavy atom. The second-order valence-electron chi connectivity index (χ2n) is 6.62. The molecule has 0 aromatic heterocycles. The molecule has 2 aromatic rings. The van der Waals surface area contributed by atoms with Crippen molar-refractivity contribution < 1.29 is 24.2 Å². The zero-order valence-corrected chi connectivity index (χ0v) is 16.7. The Labute approximate surface area is 170 Å². The number of carbonyl (C=O) groups is 3. The van der Waals surface area contributed by atoms with E-state index in [0.29, 0.717) is 18.7 Å². The number of anilines is 2. The van der Waals surface area contributed by atoms with E-state index in [2.05, 4.69) is 10.6 Å². The first-order valence-electron chi connectivity index (χ1n) is 9.56. The number of benzene rings is 2. The lowest BCUT2D eigenvalue weighted by atomic mass is 10.1. The summed E-state index contributed by atoms with van der Waals surface area (Å²) in [4.78, 5) is 35.6. The van der Waals surface area contributed by atoms with Gasteiger partial charge in [-0.1, -0.05) is 43.7 Å². The Hall–Kier alpha value is -3.35. The van der Waals surface area contributed by atoms with E-state index in [1.54, 1.807) is 0 Å². The highest BCUT2D eigenvalue weighted by Crippen LogP contribution is 2.32. The molecule has 0 aliphatic heterocycles. The molecule has 0 saturated heterocycles. The summed E-state index contributed by atoms with van der Waals surface area (Å²) in [5.74, 6) is -1.65. The molecule has 2 amide bonds. The normalized spacial score (nSPS) is 10.3. The molecule has 3 N–H and O–H groups in total. The zero-order valence-electron chi connectivity index (χ0n) is 16.7. The average molecular weight is 398 g/mol. The highest BCUT2D eigenvalue weighted by molar-refractivity contribution is 6.02. The minimum absolute atomic E-state index is 0.0754. The minimum Gasteiger partial charge on any atom is -0.493 e. The summed E-state index contributed by atoms with van der Waals surface area (Å²) in [6, 6.07) is 12.3. The molecule has 2 rings (SSSR count). The number of hydrogen-bond acceptors (Lipinski definition) is 4. The van der Waals surface area contributed by atoms with Crippen LogP contribution in [0.4, 0.5) is 11.4 Å². The lowest BCUT2D eigenvalue weighted by Gasteiger charge is -2.16. The molecule has 29 heavy (non-hydrogen) atoms. The molecule has 0 bridgehead atoms. The van der Waals surface area contributed by atoms with Crippen LogP contribution in [0, 0.1) is 0 Å². The summed E-state index contributed by atoms with van der Waals surface area (Å²) < 4.78 is 5.58. The van der Waals surface area contributed by atoms with Crippen LogP contribution in [0.25, 0.3) is 0 Å². The number of carboxylic acids is 1. The van der Waals surface area contributed by atoms with Gasteiger partial charge in [0.05, 0.1) is 18.0 Å². The van der Waals surface area contributed by atoms with Crippen LogP contribution in [0.2, 0.25) is 0 Å². The first kappa shape index (κ1) is 21.9. The summed E-state index contributed by atoms with van der Waals surface area (Å²) in [5, 5.41) is 14.9. The first-order valence-corrected chi connectivity index (χ1v) is 9.56. The third-order valence-electron chi connectivity index (χ3n) is 4.17. The van der Waals surface area contributed by atoms with Gasteiger partial charge in [0.15, 0.2) is 0 Å². The number of carbonyl (C=O) groups excluding carboxylic acids is 2. The van der Waals surface area contributed by atoms with Crippen molar-refractivity contribution in [2.75, 3.05) is 17.2 Å². The third kappa shape index (κ3) is 6.95. The molecular formula is C22H26N2O5. The quantitative estimate of drug-likeness (QED) is 0.523. The minimum atomic E-state index is -1.18. The van der Waals surface area contributed by atoms with Gasteiger partial charge in [0.2, 0.25) is 11.8 Å². The number of nitrogens with one attached hydrogen (secondary N) is 2. The monoisotopic (exact) mass is 398 g/mol. The van der Waals surface area contributed by atoms with Crippen molar-refractivity contribution in [3.05, 3.63) is 53.6 Å². The third-order valence-corrected chi connectivity index (χ3v) is 4.17. The van der Waals surface area contributed by atoms with Crippen molar-refractivity contribution in [1.29, 1.82) is 0 Å². The zero-order chi connectivity index (χ0) is 21.2. The predicted molar refractivity (Wildman–Crippen MR) is 112 cm³/mol. The maximum Gasteiger partial charge on any atom is 0.339 e. The number of unbranched alkanes of at least 4 members (excludes halogenated alkanes) is 1. The number of rotatable bonds is 10. The van der Waals surface area contributed by atoms with Crippen molar-refractivity contribution in [1.82, 2.24) is 0 Å². The molecule has 0 saturated carbocycles. The Bertz CT molecular complexity index is 865. The fourth-order valence-electron chi connectivity index (χ4n) is 2.70. The largest absolute Gasteiger partial charge is 0.493 e. The molecule has 0 aliphatic carbocycles. The number of aryl methyl sites for hydroxylation is 1. The van der Waals surface area contributed by atoms with Crippen LogP contribution in [0.3, 0.4) is 0 Å². The van der Waals surface area contributed by atoms with Gasteiger partial charge in [0, 0.05) is 19.4 Å². The van der Waals surface area contributed by atoms with E-state index in [9.17, 15) is 19.5 Å². The number of ether oxygens (including phenoxy) is 1. The van der Waals surface area contributed by atoms with Gasteiger partial charge in [0.1, 0.15) is 11.3 Å². The topological polar surface area (TPSA) is 105 Å². The van der Waals surface area contributed by atoms with Gasteiger partial charge in [-0.05, 0) is 24.5 Å². The summed E-state index contributed by atoms with van der Waals surface area (Å²) in [6.07, 6.45) is 2.44. The van der Waals surface area contributed by atoms with Gasteiger partial charge in [-0.25, -0.2) is 4.79 Å². The van der Waals surface area contributed by atoms with E-state index >= 15 is 0 Å². The standard InChI is InChI=1S/C22H26N2O5/c1-3-4-12-29-20-14-19(23-15(2)25)18(13-17(20)22(27)28)24-21(26)11-10-16-8-6-5-7-9-16/h5-9,13-14H,3-4,10-12H2,1-2H3,(H,23,25)(H,24,26)(H,27,28). The van der Waals surface area contributed by atoms with Crippen molar-refractivity contribution in [3.8, 4) is 5.75 Å². The van der Waals surface area contributed by atoms with E-state index in [1.807, 2.05) is 37.3 Å². The van der Waals surface area contributed by atoms with Gasteiger partial charge < -0.3 is 20.5 Å². The SMILES string of the molecule is CCCCOc1cc(NC(C)=O)c(NC(=O)CCc2ccccc2)cc1C(=O)O. The van der Waals surface area contributed by atoms with Gasteiger partial charge in [-0.2, -0.15) is 0 Å². The van der Waals surface area contributed by atoms with Crippen molar-refractivity contribution in [2.24, 2.45) is 0 Å². The van der Waals surface area contributed by atoms with E-state index in [1.165, 1.54) is 19.1 Å². The molecule has 0 spiro atoms. The molecule has 7 heteroatoms. The molecule has 2 aromatic carbocycles. The van der Waals surface area contributed by atoms with Crippen LogP contribution in [-0.2, 0) is 16.0 Å². The second-order valence-corrected chi connectivity index (χ2v) is 6.62. The van der Waals surface area contributed by atoms with Crippen LogP contribution < -0.4 is 15.4 Å². The highest BCUT2D eigenvalue weighted by atomic mass is 16.5. The lowest BCUT2D eigenvalue weighted by molar-refractivity contribution is -0.116. The number of aromatic carboxylic acids is 1. The van der Waals surface area contributed by atoms with Crippen LogP contribution in [0.1, 0.15) is 49.0 Å². The van der Waals surface area contributed by atoms with Crippen LogP contribution >= 0.6 is 0 Å². The molecule has 0 atom stereocenters. The summed E-state index contributed by atoms with van der Waals surface area (Å²) in [6.45, 7) is 3.70. The molecule has 0 aliphatic rings. The predicted octanol–water partition coefficient (Wildman–Crippen LogP) is 4.09. The van der Waals surface area contributed by atoms with Gasteiger partial charge in [-0.15, -0.1) is 0 Å². The molecular weight excluding hydrogens is 372 g/mol. The van der Waals surface area contributed by atoms with Crippen LogP contribution in [-0.4, -0.2) is 29.5 Å². The Morgan fingerprint density at radius 1 is 1.03 bits per heavy atom. The smallest absolute Gasteiger partial charge is 0.339 e. The molecule has 0 radical (unpaired) electrons. The lowest BCUT2D eigenvalue weighted by Crippen LogP contribution is -2.17. The molecule has 154 valence electrons. The van der Waals surface area contributed by atoms with E-state index in [0.717, 1.165) is 18.4 Å². The van der Waals surface area contributed by atoms with Crippen molar-refractivity contribution in [3.63, 3.8) is 0 Å². The highest BCUT2D eigenvalue weighted by Gasteiger charge is 2.18. The summed E-state index contributed by atoms with van der Waals surface area (Å²) >= 11 is 0. The average Bonchev–Trinajstić information content (AvgIpc) is 2.68. The van der Waals surface area contributed by atoms with E-state index < -0.39 is 5.97 Å². The van der Waals surface area contributed by atoms with E-state index in [-0.39, 0.29) is 35.2 Å². The Kier molecular flexibility index (Phi) is 8.21. The maximum absolute atomic E-state index is 12.4. The van der Waals surface area contributed by atoms with Gasteiger partial charge in [-0.3, -0.25) is 9.59 Å². The summed E-state index contributed by atoms with van der Waals surface area (Å²) in [5.41, 5.74) is 1.46. The summed E-state index contributed by atoms with van der Waals surface area (Å²) in [7, 11) is 0. The van der Waals surface area contributed by atoms with Crippen LogP contribution in [0.5, 0.6) is 5.75 Å². The molecule has 0 fully saturated rings. The van der Waals surface area contributed by atoms with Crippen molar-refractivity contribution >= 4 is 29.2 Å². The van der Waals surface area contributed by atoms with Crippen LogP contribution in [0.15, 0.2) is 42.5 Å². The van der Waals surface area contributed by atoms with Crippen molar-refractivity contribution in [2.45, 2.75) is 39.5 Å². The molecule has 0 heterocycles. The van der Waals surface area contributed by atoms with Gasteiger partial charge >= 0.3 is 5.97 Å². The maximum atomic E-state index is 12.4. The Morgan fingerprint density at radius 2 is 1.72 bits per heavy atom. The number of amides is 2. The molecule has 0 unspecified atom stereocenters. The van der Waals surface area contributed by atoms with Gasteiger partial charge in [0.25, 0.3) is 0 Å². The number of hydrogen-bond donors (Lipinski definition) is 3.